The second-order valence-electron chi connectivity index (χ2n) is 8.84. The van der Waals surface area contributed by atoms with Crippen molar-refractivity contribution in [2.45, 2.75) is 27.7 Å². The van der Waals surface area contributed by atoms with Crippen LogP contribution in [0.4, 0.5) is 5.69 Å². The molecule has 5 rings (SSSR count). The first-order valence-electron chi connectivity index (χ1n) is 12.3. The summed E-state index contributed by atoms with van der Waals surface area (Å²) in [5.74, 6) is 0.0928. The fourth-order valence-electron chi connectivity index (χ4n) is 3.94. The molecule has 0 bridgehead atoms. The van der Waals surface area contributed by atoms with Crippen LogP contribution in [0.2, 0.25) is 0 Å². The summed E-state index contributed by atoms with van der Waals surface area (Å²) in [6.45, 7) is 1.86. The van der Waals surface area contributed by atoms with Gasteiger partial charge in [0.25, 0.3) is 0 Å². The lowest BCUT2D eigenvalue weighted by molar-refractivity contribution is -0.119. The van der Waals surface area contributed by atoms with E-state index in [1.54, 1.807) is 6.20 Å². The van der Waals surface area contributed by atoms with Crippen LogP contribution in [-0.2, 0) is 16.6 Å². The van der Waals surface area contributed by atoms with E-state index in [1.165, 1.54) is 34.9 Å². The van der Waals surface area contributed by atoms with Gasteiger partial charge in [-0.2, -0.15) is 0 Å². The topological polar surface area (TPSA) is 88.9 Å². The van der Waals surface area contributed by atoms with Crippen LogP contribution in [0.1, 0.15) is 24.1 Å². The molecule has 1 atom stereocenters. The molecule has 39 heavy (non-hydrogen) atoms. The highest BCUT2D eigenvalue weighted by molar-refractivity contribution is 8.01. The van der Waals surface area contributed by atoms with E-state index in [0.29, 0.717) is 5.69 Å². The van der Waals surface area contributed by atoms with Gasteiger partial charge in [-0.1, -0.05) is 84.2 Å². The van der Waals surface area contributed by atoms with Gasteiger partial charge >= 0.3 is 0 Å². The number of benzene rings is 3. The lowest BCUT2D eigenvalue weighted by Crippen LogP contribution is -2.30. The molecule has 198 valence electrons. The summed E-state index contributed by atoms with van der Waals surface area (Å²) in [6.07, 6.45) is 3.57. The highest BCUT2D eigenvalue weighted by atomic mass is 32.2. The number of fused-ring (bicyclic) bond motifs is 1. The van der Waals surface area contributed by atoms with Crippen molar-refractivity contribution in [1.29, 1.82) is 0 Å². The number of thiazole rings is 1. The molecule has 5 aromatic rings. The average Bonchev–Trinajstić information content (AvgIpc) is 3.56. The second kappa shape index (κ2) is 12.5. The molecular weight excluding hydrogens is 547 g/mol. The number of amides is 2. The molecule has 2 amide bonds. The molecule has 0 aliphatic rings. The maximum absolute atomic E-state index is 13.0. The number of imidazole rings is 1. The molecule has 0 radical (unpaired) electrons. The summed E-state index contributed by atoms with van der Waals surface area (Å²) >= 11 is 4.33. The minimum atomic E-state index is -0.302. The first kappa shape index (κ1) is 27.0. The van der Waals surface area contributed by atoms with Crippen molar-refractivity contribution in [3.8, 4) is 0 Å². The maximum Gasteiger partial charge on any atom is 0.237 e. The zero-order valence-corrected chi connectivity index (χ0v) is 23.9. The molecule has 0 saturated heterocycles. The zero-order valence-electron chi connectivity index (χ0n) is 21.4. The van der Waals surface area contributed by atoms with Gasteiger partial charge in [0.15, 0.2) is 9.50 Å². The molecule has 7 nitrogen and oxygen atoms in total. The molecule has 0 fully saturated rings. The minimum absolute atomic E-state index is 0.0656. The summed E-state index contributed by atoms with van der Waals surface area (Å²) in [5.41, 5.74) is 3.61. The number of rotatable bonds is 10. The van der Waals surface area contributed by atoms with Crippen molar-refractivity contribution in [2.75, 3.05) is 11.1 Å². The van der Waals surface area contributed by atoms with Crippen LogP contribution in [0, 0.1) is 0 Å². The third-order valence-electron chi connectivity index (χ3n) is 5.96. The Morgan fingerprint density at radius 1 is 1.00 bits per heavy atom. The Labute approximate surface area is 239 Å². The molecule has 0 unspecified atom stereocenters. The average molecular weight is 574 g/mol. The van der Waals surface area contributed by atoms with E-state index in [2.05, 4.69) is 20.6 Å². The van der Waals surface area contributed by atoms with Gasteiger partial charge in [-0.05, 0) is 36.2 Å². The van der Waals surface area contributed by atoms with Gasteiger partial charge in [0.05, 0.1) is 27.3 Å². The van der Waals surface area contributed by atoms with Gasteiger partial charge in [0.1, 0.15) is 0 Å². The van der Waals surface area contributed by atoms with Crippen molar-refractivity contribution in [3.05, 3.63) is 102 Å². The molecule has 2 N–H and O–H groups in total. The van der Waals surface area contributed by atoms with Gasteiger partial charge in [0.2, 0.25) is 11.8 Å². The molecule has 3 aromatic carbocycles. The summed E-state index contributed by atoms with van der Waals surface area (Å²) in [6, 6.07) is 25.4. The van der Waals surface area contributed by atoms with Crippen LogP contribution >= 0.6 is 34.9 Å². The number of hydrogen-bond donors (Lipinski definition) is 2. The van der Waals surface area contributed by atoms with E-state index in [9.17, 15) is 9.59 Å². The molecule has 0 saturated carbocycles. The number of hydrogen-bond acceptors (Lipinski definition) is 7. The SMILES string of the molecule is C[C@H](Sc1nccn1C)C(=O)Nc1ccc2nc(SCC(=O)NC(c3ccccc3)c3ccccc3)sc2c1. The third kappa shape index (κ3) is 6.89. The monoisotopic (exact) mass is 573 g/mol. The van der Waals surface area contributed by atoms with E-state index in [4.69, 9.17) is 0 Å². The fourth-order valence-corrected chi connectivity index (χ4v) is 6.69. The van der Waals surface area contributed by atoms with E-state index in [-0.39, 0.29) is 28.9 Å². The van der Waals surface area contributed by atoms with Crippen molar-refractivity contribution >= 4 is 62.6 Å². The Bertz CT molecular complexity index is 1530. The largest absolute Gasteiger partial charge is 0.344 e. The number of carbonyl (C=O) groups excluding carboxylic acids is 2. The van der Waals surface area contributed by atoms with Crippen LogP contribution in [-0.4, -0.2) is 37.4 Å². The van der Waals surface area contributed by atoms with Crippen molar-refractivity contribution in [1.82, 2.24) is 19.9 Å². The lowest BCUT2D eigenvalue weighted by Gasteiger charge is -2.19. The van der Waals surface area contributed by atoms with Crippen LogP contribution in [0.5, 0.6) is 0 Å². The summed E-state index contributed by atoms with van der Waals surface area (Å²) in [4.78, 5) is 34.6. The predicted octanol–water partition coefficient (Wildman–Crippen LogP) is 6.15. The Hall–Kier alpha value is -3.60. The van der Waals surface area contributed by atoms with Gasteiger partial charge in [0, 0.05) is 25.1 Å². The van der Waals surface area contributed by atoms with Gasteiger partial charge in [-0.25, -0.2) is 9.97 Å². The molecular formula is C29H27N5O2S3. The number of aromatic nitrogens is 3. The maximum atomic E-state index is 13.0. The van der Waals surface area contributed by atoms with Gasteiger partial charge in [-0.15, -0.1) is 11.3 Å². The van der Waals surface area contributed by atoms with E-state index in [1.807, 2.05) is 104 Å². The molecule has 0 aliphatic carbocycles. The number of carbonyl (C=O) groups is 2. The smallest absolute Gasteiger partial charge is 0.237 e. The number of nitrogens with one attached hydrogen (secondary N) is 2. The van der Waals surface area contributed by atoms with E-state index < -0.39 is 0 Å². The van der Waals surface area contributed by atoms with Crippen LogP contribution in [0.15, 0.2) is 101 Å². The van der Waals surface area contributed by atoms with E-state index >= 15 is 0 Å². The van der Waals surface area contributed by atoms with Gasteiger partial charge in [-0.3, -0.25) is 9.59 Å². The first-order valence-corrected chi connectivity index (χ1v) is 15.0. The second-order valence-corrected chi connectivity index (χ2v) is 12.4. The normalized spacial score (nSPS) is 12.0. The standard InChI is InChI=1S/C29H27N5O2S3/c1-19(38-28-30-15-16-34(28)2)27(36)31-22-13-14-23-24(17-22)39-29(32-23)37-18-25(35)33-26(20-9-5-3-6-10-20)21-11-7-4-8-12-21/h3-17,19,26H,18H2,1-2H3,(H,31,36)(H,33,35)/t19-/m0/s1. The van der Waals surface area contributed by atoms with Crippen LogP contribution in [0.3, 0.4) is 0 Å². The van der Waals surface area contributed by atoms with Crippen molar-refractivity contribution in [3.63, 3.8) is 0 Å². The van der Waals surface area contributed by atoms with E-state index in [0.717, 1.165) is 30.8 Å². The Kier molecular flexibility index (Phi) is 8.65. The summed E-state index contributed by atoms with van der Waals surface area (Å²) < 4.78 is 3.64. The lowest BCUT2D eigenvalue weighted by atomic mass is 9.99. The molecule has 10 heteroatoms. The highest BCUT2D eigenvalue weighted by Crippen LogP contribution is 2.32. The molecule has 0 spiro atoms. The predicted molar refractivity (Wildman–Crippen MR) is 160 cm³/mol. The number of aryl methyl sites for hydroxylation is 1. The van der Waals surface area contributed by atoms with Crippen LogP contribution in [0.25, 0.3) is 10.2 Å². The minimum Gasteiger partial charge on any atom is -0.344 e. The Balaban J connectivity index is 1.20. The Morgan fingerprint density at radius 3 is 2.33 bits per heavy atom. The number of thioether (sulfide) groups is 2. The molecule has 2 aromatic heterocycles. The quantitative estimate of drug-likeness (QED) is 0.195. The number of anilines is 1. The summed E-state index contributed by atoms with van der Waals surface area (Å²) in [5, 5.41) is 6.65. The van der Waals surface area contributed by atoms with Crippen LogP contribution < -0.4 is 10.6 Å². The van der Waals surface area contributed by atoms with Crippen molar-refractivity contribution in [2.24, 2.45) is 7.05 Å². The van der Waals surface area contributed by atoms with Crippen molar-refractivity contribution < 1.29 is 9.59 Å². The molecule has 0 aliphatic heterocycles. The Morgan fingerprint density at radius 2 is 1.69 bits per heavy atom. The first-order chi connectivity index (χ1) is 19.0. The molecule has 2 heterocycles. The summed E-state index contributed by atoms with van der Waals surface area (Å²) in [7, 11) is 1.90. The highest BCUT2D eigenvalue weighted by Gasteiger charge is 2.19. The zero-order chi connectivity index (χ0) is 27.2. The fraction of sp³-hybridized carbons (Fsp3) is 0.172. The number of nitrogens with zero attached hydrogens (tertiary/aromatic N) is 3. The third-order valence-corrected chi connectivity index (χ3v) is 9.30. The van der Waals surface area contributed by atoms with Gasteiger partial charge < -0.3 is 15.2 Å².